The Kier molecular flexibility index (Phi) is 6.85. The minimum atomic E-state index is -3.35. The Bertz CT molecular complexity index is 637. The summed E-state index contributed by atoms with van der Waals surface area (Å²) in [5.74, 6) is 6.24. The molecule has 0 radical (unpaired) electrons. The molecule has 0 atom stereocenters. The van der Waals surface area contributed by atoms with Gasteiger partial charge in [0.05, 0.1) is 11.9 Å². The van der Waals surface area contributed by atoms with Crippen LogP contribution in [0.2, 0.25) is 0 Å². The van der Waals surface area contributed by atoms with Crippen molar-refractivity contribution >= 4 is 27.1 Å². The Labute approximate surface area is 130 Å². The summed E-state index contributed by atoms with van der Waals surface area (Å²) in [5.41, 5.74) is 0. The molecule has 1 aromatic rings. The summed E-state index contributed by atoms with van der Waals surface area (Å²) in [4.78, 5) is 15.9. The lowest BCUT2D eigenvalue weighted by Gasteiger charge is -1.99. The van der Waals surface area contributed by atoms with E-state index in [9.17, 15) is 13.2 Å². The van der Waals surface area contributed by atoms with Crippen molar-refractivity contribution in [3.63, 3.8) is 0 Å². The zero-order valence-corrected chi connectivity index (χ0v) is 14.1. The highest BCUT2D eigenvalue weighted by Crippen LogP contribution is 2.19. The lowest BCUT2D eigenvalue weighted by atomic mass is 10.1. The largest absolute Gasteiger partial charge is 0.350 e. The lowest BCUT2D eigenvalue weighted by molar-refractivity contribution is 0.0958. The quantitative estimate of drug-likeness (QED) is 0.641. The fraction of sp³-hybridized carbons (Fsp3) is 0.571. The van der Waals surface area contributed by atoms with Gasteiger partial charge in [0.1, 0.15) is 4.88 Å². The van der Waals surface area contributed by atoms with Crippen LogP contribution in [0.4, 0.5) is 0 Å². The molecule has 1 aromatic heterocycles. The summed E-state index contributed by atoms with van der Waals surface area (Å²) in [6.07, 6.45) is 2.73. The number of nitrogens with zero attached hydrogens (tertiary/aromatic N) is 1. The van der Waals surface area contributed by atoms with Crippen LogP contribution in [0.5, 0.6) is 0 Å². The molecule has 0 fully saturated rings. The molecule has 1 amide bonds. The smallest absolute Gasteiger partial charge is 0.263 e. The normalized spacial score (nSPS) is 11.0. The molecule has 21 heavy (non-hydrogen) atoms. The fourth-order valence-electron chi connectivity index (χ4n) is 1.32. The van der Waals surface area contributed by atoms with Gasteiger partial charge in [-0.25, -0.2) is 13.4 Å². The Morgan fingerprint density at radius 1 is 1.43 bits per heavy atom. The first-order valence-corrected chi connectivity index (χ1v) is 9.26. The van der Waals surface area contributed by atoms with Gasteiger partial charge >= 0.3 is 0 Å². The zero-order valence-electron chi connectivity index (χ0n) is 12.5. The number of carbonyl (C=O) groups is 1. The van der Waals surface area contributed by atoms with Crippen LogP contribution in [0.1, 0.15) is 43.3 Å². The summed E-state index contributed by atoms with van der Waals surface area (Å²) in [5, 5.41) is 2.70. The van der Waals surface area contributed by atoms with Crippen LogP contribution in [0.3, 0.4) is 0 Å². The van der Waals surface area contributed by atoms with Crippen LogP contribution in [0.15, 0.2) is 10.5 Å². The second-order valence-electron chi connectivity index (χ2n) is 4.85. The molecule has 0 saturated heterocycles. The van der Waals surface area contributed by atoms with Crippen LogP contribution in [0, 0.1) is 17.8 Å². The molecule has 0 aliphatic rings. The van der Waals surface area contributed by atoms with Gasteiger partial charge in [-0.05, 0) is 5.92 Å². The molecular weight excluding hydrogens is 308 g/mol. The molecule has 5 nitrogen and oxygen atoms in total. The van der Waals surface area contributed by atoms with Crippen LogP contribution in [-0.4, -0.2) is 31.6 Å². The molecular formula is C14H20N2O3S2. The third kappa shape index (κ3) is 5.86. The van der Waals surface area contributed by atoms with Gasteiger partial charge in [-0.15, -0.1) is 11.8 Å². The standard InChI is InChI=1S/C14H20N2O3S2/c1-4-21(18,19)14-16-10-12(20-14)13(17)15-9-7-5-6-8-11(2)3/h10-11H,4,7-9H2,1-3H3,(H,15,17). The summed E-state index contributed by atoms with van der Waals surface area (Å²) < 4.78 is 23.2. The van der Waals surface area contributed by atoms with Crippen molar-refractivity contribution in [3.05, 3.63) is 11.1 Å². The van der Waals surface area contributed by atoms with Crippen molar-refractivity contribution in [3.8, 4) is 11.8 Å². The van der Waals surface area contributed by atoms with Crippen molar-refractivity contribution in [2.45, 2.75) is 38.0 Å². The van der Waals surface area contributed by atoms with Gasteiger partial charge < -0.3 is 5.32 Å². The van der Waals surface area contributed by atoms with E-state index >= 15 is 0 Å². The number of hydrogen-bond donors (Lipinski definition) is 1. The first kappa shape index (κ1) is 17.7. The maximum absolute atomic E-state index is 11.8. The zero-order chi connectivity index (χ0) is 15.9. The summed E-state index contributed by atoms with van der Waals surface area (Å²) in [6, 6.07) is 0. The van der Waals surface area contributed by atoms with Gasteiger partial charge in [-0.2, -0.15) is 0 Å². The monoisotopic (exact) mass is 328 g/mol. The Morgan fingerprint density at radius 3 is 2.76 bits per heavy atom. The Balaban J connectivity index is 2.48. The molecule has 0 aliphatic carbocycles. The van der Waals surface area contributed by atoms with Gasteiger partial charge in [-0.1, -0.05) is 32.1 Å². The number of thiazole rings is 1. The first-order chi connectivity index (χ1) is 9.86. The van der Waals surface area contributed by atoms with Crippen LogP contribution in [0.25, 0.3) is 0 Å². The number of hydrogen-bond acceptors (Lipinski definition) is 5. The van der Waals surface area contributed by atoms with Crippen LogP contribution in [-0.2, 0) is 9.84 Å². The molecule has 1 heterocycles. The molecule has 0 unspecified atom stereocenters. The average molecular weight is 328 g/mol. The average Bonchev–Trinajstić information content (AvgIpc) is 2.92. The van der Waals surface area contributed by atoms with Crippen molar-refractivity contribution < 1.29 is 13.2 Å². The van der Waals surface area contributed by atoms with Gasteiger partial charge in [0.25, 0.3) is 5.91 Å². The number of nitrogens with one attached hydrogen (secondary N) is 1. The summed E-state index contributed by atoms with van der Waals surface area (Å²) in [7, 11) is -3.35. The van der Waals surface area contributed by atoms with E-state index in [1.54, 1.807) is 6.92 Å². The van der Waals surface area contributed by atoms with E-state index in [2.05, 4.69) is 36.0 Å². The van der Waals surface area contributed by atoms with Crippen molar-refractivity contribution in [1.82, 2.24) is 10.3 Å². The Hall–Kier alpha value is -1.39. The molecule has 0 saturated carbocycles. The molecule has 0 bridgehead atoms. The molecule has 7 heteroatoms. The van der Waals surface area contributed by atoms with Gasteiger partial charge in [0.15, 0.2) is 0 Å². The highest BCUT2D eigenvalue weighted by molar-refractivity contribution is 7.93. The topological polar surface area (TPSA) is 76.1 Å². The number of amides is 1. The Morgan fingerprint density at radius 2 is 2.14 bits per heavy atom. The highest BCUT2D eigenvalue weighted by atomic mass is 32.2. The van der Waals surface area contributed by atoms with E-state index in [0.29, 0.717) is 23.8 Å². The molecule has 116 valence electrons. The summed E-state index contributed by atoms with van der Waals surface area (Å²) >= 11 is 0.898. The fourth-order valence-corrected chi connectivity index (χ4v) is 3.48. The molecule has 0 spiro atoms. The predicted octanol–water partition coefficient (Wildman–Crippen LogP) is 2.11. The van der Waals surface area contributed by atoms with E-state index in [1.807, 2.05) is 0 Å². The molecule has 0 aromatic carbocycles. The minimum absolute atomic E-state index is 0.00752. The first-order valence-electron chi connectivity index (χ1n) is 6.79. The van der Waals surface area contributed by atoms with Gasteiger partial charge in [0.2, 0.25) is 14.2 Å². The minimum Gasteiger partial charge on any atom is -0.350 e. The van der Waals surface area contributed by atoms with Crippen LogP contribution < -0.4 is 5.32 Å². The van der Waals surface area contributed by atoms with Crippen molar-refractivity contribution in [2.75, 3.05) is 12.3 Å². The van der Waals surface area contributed by atoms with E-state index in [1.165, 1.54) is 6.20 Å². The predicted molar refractivity (Wildman–Crippen MR) is 84.0 cm³/mol. The maximum Gasteiger partial charge on any atom is 0.263 e. The van der Waals surface area contributed by atoms with Gasteiger partial charge in [0, 0.05) is 19.4 Å². The van der Waals surface area contributed by atoms with Crippen LogP contribution >= 0.6 is 11.3 Å². The van der Waals surface area contributed by atoms with E-state index < -0.39 is 9.84 Å². The van der Waals surface area contributed by atoms with Gasteiger partial charge in [-0.3, -0.25) is 4.79 Å². The summed E-state index contributed by atoms with van der Waals surface area (Å²) in [6.45, 7) is 6.19. The van der Waals surface area contributed by atoms with Crippen molar-refractivity contribution in [2.24, 2.45) is 5.92 Å². The number of sulfone groups is 1. The molecule has 1 N–H and O–H groups in total. The third-order valence-corrected chi connectivity index (χ3v) is 5.73. The number of carbonyl (C=O) groups excluding carboxylic acids is 1. The van der Waals surface area contributed by atoms with E-state index in [-0.39, 0.29) is 16.0 Å². The second-order valence-corrected chi connectivity index (χ2v) is 8.33. The number of aromatic nitrogens is 1. The van der Waals surface area contributed by atoms with Crippen molar-refractivity contribution in [1.29, 1.82) is 0 Å². The third-order valence-electron chi connectivity index (χ3n) is 2.53. The number of rotatable bonds is 6. The second kappa shape index (κ2) is 8.15. The van der Waals surface area contributed by atoms with E-state index in [0.717, 1.165) is 17.8 Å². The SMILES string of the molecule is CCS(=O)(=O)c1ncc(C(=O)NCCC#CCC(C)C)s1. The maximum atomic E-state index is 11.8. The lowest BCUT2D eigenvalue weighted by Crippen LogP contribution is -2.23. The van der Waals surface area contributed by atoms with E-state index in [4.69, 9.17) is 0 Å². The highest BCUT2D eigenvalue weighted by Gasteiger charge is 2.18. The molecule has 0 aliphatic heterocycles. The molecule has 1 rings (SSSR count).